The molecule has 2 N–H and O–H groups in total. The molecule has 1 aliphatic rings. The highest BCUT2D eigenvalue weighted by Crippen LogP contribution is 2.34. The molecule has 1 saturated heterocycles. The van der Waals surface area contributed by atoms with Crippen LogP contribution < -0.4 is 5.32 Å². The minimum absolute atomic E-state index is 0.00340. The van der Waals surface area contributed by atoms with Crippen LogP contribution in [0.1, 0.15) is 102 Å². The van der Waals surface area contributed by atoms with Crippen molar-refractivity contribution in [1.29, 1.82) is 0 Å². The fourth-order valence-electron chi connectivity index (χ4n) is 5.41. The van der Waals surface area contributed by atoms with E-state index >= 15 is 0 Å². The fourth-order valence-corrected chi connectivity index (χ4v) is 6.25. The van der Waals surface area contributed by atoms with Crippen LogP contribution in [0, 0.1) is 17.8 Å². The Morgan fingerprint density at radius 3 is 2.42 bits per heavy atom. The molecule has 5 atom stereocenters. The number of nitrogens with one attached hydrogen (secondary N) is 1. The maximum absolute atomic E-state index is 14.1. The Balaban J connectivity index is 2.33. The van der Waals surface area contributed by atoms with Crippen LogP contribution in [0.4, 0.5) is 4.79 Å². The molecule has 2 amide bonds. The quantitative estimate of drug-likeness (QED) is 0.315. The fraction of sp³-hybridized carbons (Fsp3) is 0.759. The molecule has 0 aromatic carbocycles. The number of aromatic carboxylic acids is 1. The molecule has 0 unspecified atom stereocenters. The summed E-state index contributed by atoms with van der Waals surface area (Å²) in [5, 5.41) is 13.7. The van der Waals surface area contributed by atoms with Crippen molar-refractivity contribution in [2.45, 2.75) is 97.8 Å². The molecular weight excluding hydrogens is 532 g/mol. The zero-order chi connectivity index (χ0) is 30.2. The molecule has 1 fully saturated rings. The number of piperidine rings is 1. The number of hydrogen-bond donors (Lipinski definition) is 2. The van der Waals surface area contributed by atoms with Gasteiger partial charge in [-0.1, -0.05) is 34.1 Å². The monoisotopic (exact) mass is 580 g/mol. The number of amides is 2. The number of carbonyl (C=O) groups excluding carboxylic acids is 3. The molecule has 0 bridgehead atoms. The second kappa shape index (κ2) is 14.9. The summed E-state index contributed by atoms with van der Waals surface area (Å²) in [5.41, 5.74) is -0.690. The largest absolute Gasteiger partial charge is 0.476 e. The number of hydrogen-bond acceptors (Lipinski definition) is 8. The maximum atomic E-state index is 14.1. The molecule has 2 heterocycles. The zero-order valence-electron chi connectivity index (χ0n) is 25.4. The number of rotatable bonds is 14. The SMILES string of the molecule is CCNC(=O)O[C@H](C[C@H](C(C)C)N(C)C(=O)[C@@H](CC(=O)[C@@]1(C)CCCCN1C)[C@@H](C)CC)c1nc(C(=O)O)cs1. The first-order valence-corrected chi connectivity index (χ1v) is 15.3. The smallest absolute Gasteiger partial charge is 0.407 e. The van der Waals surface area contributed by atoms with E-state index in [1.54, 1.807) is 18.9 Å². The average Bonchev–Trinajstić information content (AvgIpc) is 3.40. The Bertz CT molecular complexity index is 1030. The first kappa shape index (κ1) is 33.7. The lowest BCUT2D eigenvalue weighted by atomic mass is 9.77. The van der Waals surface area contributed by atoms with Gasteiger partial charge in [0.1, 0.15) is 5.01 Å². The molecular formula is C29H48N4O6S. The van der Waals surface area contributed by atoms with Crippen LogP contribution in [-0.2, 0) is 14.3 Å². The van der Waals surface area contributed by atoms with Gasteiger partial charge in [-0.2, -0.15) is 0 Å². The predicted molar refractivity (Wildman–Crippen MR) is 155 cm³/mol. The molecule has 10 nitrogen and oxygen atoms in total. The third-order valence-corrected chi connectivity index (χ3v) is 9.50. The van der Waals surface area contributed by atoms with E-state index in [1.807, 2.05) is 41.7 Å². The Morgan fingerprint density at radius 1 is 1.23 bits per heavy atom. The van der Waals surface area contributed by atoms with Gasteiger partial charge in [-0.3, -0.25) is 14.5 Å². The van der Waals surface area contributed by atoms with Crippen molar-refractivity contribution in [3.63, 3.8) is 0 Å². The van der Waals surface area contributed by atoms with Gasteiger partial charge in [0.2, 0.25) is 5.91 Å². The van der Waals surface area contributed by atoms with E-state index in [-0.39, 0.29) is 48.1 Å². The normalized spacial score (nSPS) is 20.8. The third-order valence-electron chi connectivity index (χ3n) is 8.56. The molecule has 0 radical (unpaired) electrons. The van der Waals surface area contributed by atoms with Crippen LogP contribution in [0.2, 0.25) is 0 Å². The minimum Gasteiger partial charge on any atom is -0.476 e. The van der Waals surface area contributed by atoms with Crippen LogP contribution in [0.5, 0.6) is 0 Å². The maximum Gasteiger partial charge on any atom is 0.407 e. The lowest BCUT2D eigenvalue weighted by Gasteiger charge is -2.43. The van der Waals surface area contributed by atoms with Crippen molar-refractivity contribution in [2.24, 2.45) is 17.8 Å². The molecule has 2 rings (SSSR count). The number of likely N-dealkylation sites (N-methyl/N-ethyl adjacent to an activating group) is 1. The number of Topliss-reactive ketones (excluding diaryl/α,β-unsaturated/α-hetero) is 1. The molecule has 11 heteroatoms. The third kappa shape index (κ3) is 8.25. The molecule has 40 heavy (non-hydrogen) atoms. The van der Waals surface area contributed by atoms with Crippen molar-refractivity contribution in [3.05, 3.63) is 16.1 Å². The topological polar surface area (TPSA) is 129 Å². The number of carboxylic acid groups (broad SMARTS) is 1. The second-order valence-corrected chi connectivity index (χ2v) is 12.5. The van der Waals surface area contributed by atoms with Crippen LogP contribution >= 0.6 is 11.3 Å². The zero-order valence-corrected chi connectivity index (χ0v) is 26.2. The van der Waals surface area contributed by atoms with E-state index in [2.05, 4.69) is 15.2 Å². The Morgan fingerprint density at radius 2 is 1.90 bits per heavy atom. The van der Waals surface area contributed by atoms with Gasteiger partial charge in [-0.25, -0.2) is 14.6 Å². The van der Waals surface area contributed by atoms with Gasteiger partial charge in [0.25, 0.3) is 0 Å². The van der Waals surface area contributed by atoms with Crippen molar-refractivity contribution in [2.75, 3.05) is 27.2 Å². The van der Waals surface area contributed by atoms with Gasteiger partial charge >= 0.3 is 12.1 Å². The van der Waals surface area contributed by atoms with Gasteiger partial charge in [0, 0.05) is 43.8 Å². The van der Waals surface area contributed by atoms with Crippen molar-refractivity contribution < 1.29 is 29.0 Å². The lowest BCUT2D eigenvalue weighted by Crippen LogP contribution is -2.54. The van der Waals surface area contributed by atoms with E-state index in [1.165, 1.54) is 5.38 Å². The van der Waals surface area contributed by atoms with Crippen molar-refractivity contribution >= 4 is 35.1 Å². The van der Waals surface area contributed by atoms with Gasteiger partial charge in [-0.05, 0) is 58.5 Å². The minimum atomic E-state index is -1.16. The molecule has 0 aliphatic carbocycles. The number of alkyl carbamates (subject to hydrolysis) is 1. The second-order valence-electron chi connectivity index (χ2n) is 11.6. The Kier molecular flexibility index (Phi) is 12.6. The van der Waals surface area contributed by atoms with E-state index in [0.717, 1.165) is 43.6 Å². The first-order valence-electron chi connectivity index (χ1n) is 14.4. The molecule has 1 aromatic rings. The number of carboxylic acids is 1. The number of ketones is 1. The number of thiazole rings is 1. The van der Waals surface area contributed by atoms with E-state index in [0.29, 0.717) is 11.6 Å². The summed E-state index contributed by atoms with van der Waals surface area (Å²) in [6.45, 7) is 13.0. The summed E-state index contributed by atoms with van der Waals surface area (Å²) < 4.78 is 5.69. The standard InChI is InChI=1S/C29H48N4O6S/c1-9-19(5)20(15-24(34)29(6)13-11-12-14-32(29)7)26(35)33(8)22(18(3)4)16-23(39-28(38)30-10-2)25-31-21(17-40-25)27(36)37/h17-20,22-23H,9-16H2,1-8H3,(H,30,38)(H,36,37)/t19-,20-,22+,23+,29+/m0/s1. The van der Waals surface area contributed by atoms with E-state index in [9.17, 15) is 24.3 Å². The summed E-state index contributed by atoms with van der Waals surface area (Å²) in [4.78, 5) is 59.6. The van der Waals surface area contributed by atoms with Crippen LogP contribution in [0.15, 0.2) is 5.38 Å². The van der Waals surface area contributed by atoms with Crippen LogP contribution in [-0.4, -0.2) is 82.4 Å². The summed E-state index contributed by atoms with van der Waals surface area (Å²) in [6, 6.07) is -0.348. The summed E-state index contributed by atoms with van der Waals surface area (Å²) in [5.74, 6) is -1.65. The summed E-state index contributed by atoms with van der Waals surface area (Å²) in [7, 11) is 3.73. The highest BCUT2D eigenvalue weighted by atomic mass is 32.1. The first-order chi connectivity index (χ1) is 18.8. The lowest BCUT2D eigenvalue weighted by molar-refractivity contribution is -0.144. The molecule has 0 spiro atoms. The molecule has 1 aliphatic heterocycles. The van der Waals surface area contributed by atoms with Gasteiger partial charge in [0.15, 0.2) is 17.6 Å². The van der Waals surface area contributed by atoms with Gasteiger partial charge < -0.3 is 20.1 Å². The summed E-state index contributed by atoms with van der Waals surface area (Å²) >= 11 is 1.11. The van der Waals surface area contributed by atoms with Crippen LogP contribution in [0.3, 0.4) is 0 Å². The van der Waals surface area contributed by atoms with Crippen molar-refractivity contribution in [3.8, 4) is 0 Å². The average molecular weight is 581 g/mol. The Hall–Kier alpha value is -2.53. The van der Waals surface area contributed by atoms with E-state index < -0.39 is 29.6 Å². The van der Waals surface area contributed by atoms with E-state index in [4.69, 9.17) is 4.74 Å². The number of nitrogens with zero attached hydrogens (tertiary/aromatic N) is 3. The summed E-state index contributed by atoms with van der Waals surface area (Å²) in [6.07, 6.45) is 2.56. The number of likely N-dealkylation sites (tertiary alicyclic amines) is 1. The van der Waals surface area contributed by atoms with Gasteiger partial charge in [-0.15, -0.1) is 11.3 Å². The number of ether oxygens (including phenoxy) is 1. The number of carbonyl (C=O) groups is 4. The molecule has 226 valence electrons. The van der Waals surface area contributed by atoms with Crippen LogP contribution in [0.25, 0.3) is 0 Å². The highest BCUT2D eigenvalue weighted by Gasteiger charge is 2.42. The molecule has 1 aromatic heterocycles. The van der Waals surface area contributed by atoms with Gasteiger partial charge in [0.05, 0.1) is 5.54 Å². The highest BCUT2D eigenvalue weighted by molar-refractivity contribution is 7.09. The molecule has 0 saturated carbocycles. The van der Waals surface area contributed by atoms with Crippen molar-refractivity contribution in [1.82, 2.24) is 20.1 Å². The Labute approximate surface area is 242 Å². The predicted octanol–water partition coefficient (Wildman–Crippen LogP) is 5.00. The number of aromatic nitrogens is 1.